The van der Waals surface area contributed by atoms with Crippen molar-refractivity contribution in [3.8, 4) is 5.75 Å². The Morgan fingerprint density at radius 1 is 1.40 bits per heavy atom. The van der Waals surface area contributed by atoms with Crippen molar-refractivity contribution in [1.82, 2.24) is 0 Å². The fraction of sp³-hybridized carbons (Fsp3) is 0.125. The number of hydrogen-bond donors (Lipinski definition) is 1. The van der Waals surface area contributed by atoms with Crippen molar-refractivity contribution in [2.24, 2.45) is 0 Å². The molecule has 1 aromatic rings. The van der Waals surface area contributed by atoms with E-state index in [0.29, 0.717) is 5.75 Å². The molecule has 1 rings (SSSR count). The minimum absolute atomic E-state index is 0.00824. The first-order chi connectivity index (χ1) is 4.88. The number of para-hydroxylation sites is 1. The van der Waals surface area contributed by atoms with Crippen LogP contribution in [-0.4, -0.2) is 5.11 Å². The second-order valence-electron chi connectivity index (χ2n) is 1.91. The molecule has 0 heterocycles. The molecular formula is C8H9O2. The summed E-state index contributed by atoms with van der Waals surface area (Å²) in [6, 6.07) is 7.23. The number of hydrogen-bond acceptors (Lipinski definition) is 2. The summed E-state index contributed by atoms with van der Waals surface area (Å²) in [4.78, 5) is 0. The van der Waals surface area contributed by atoms with E-state index in [1.54, 1.807) is 12.1 Å². The zero-order chi connectivity index (χ0) is 7.40. The number of ether oxygens (including phenoxy) is 1. The lowest BCUT2D eigenvalue weighted by Gasteiger charge is -2.02. The molecule has 0 saturated heterocycles. The second kappa shape index (κ2) is 3.22. The number of rotatable bonds is 2. The highest BCUT2D eigenvalue weighted by Crippen LogP contribution is 2.16. The van der Waals surface area contributed by atoms with E-state index in [0.717, 1.165) is 5.56 Å². The summed E-state index contributed by atoms with van der Waals surface area (Å²) in [5, 5.41) is 8.74. The normalized spacial score (nSPS) is 9.40. The van der Waals surface area contributed by atoms with Gasteiger partial charge in [0.2, 0.25) is 0 Å². The standard InChI is InChI=1S/C8H9O2/c1-10-8-5-3-2-4-7(8)6-9/h2-5,9H,1,6H2. The molecule has 0 atom stereocenters. The molecule has 2 heteroatoms. The highest BCUT2D eigenvalue weighted by molar-refractivity contribution is 5.32. The molecule has 0 saturated carbocycles. The summed E-state index contributed by atoms with van der Waals surface area (Å²) in [6.07, 6.45) is 0. The van der Waals surface area contributed by atoms with Crippen molar-refractivity contribution in [1.29, 1.82) is 0 Å². The molecule has 0 fully saturated rings. The van der Waals surface area contributed by atoms with Crippen LogP contribution >= 0.6 is 0 Å². The Morgan fingerprint density at radius 2 is 2.10 bits per heavy atom. The molecule has 0 aromatic heterocycles. The molecule has 0 spiro atoms. The third kappa shape index (κ3) is 1.28. The van der Waals surface area contributed by atoms with Crippen LogP contribution in [0.15, 0.2) is 24.3 Å². The van der Waals surface area contributed by atoms with Crippen LogP contribution in [0.5, 0.6) is 5.75 Å². The zero-order valence-electron chi connectivity index (χ0n) is 5.58. The van der Waals surface area contributed by atoms with Gasteiger partial charge in [-0.15, -0.1) is 0 Å². The maximum absolute atomic E-state index is 8.74. The molecule has 53 valence electrons. The predicted octanol–water partition coefficient (Wildman–Crippen LogP) is 1.35. The van der Waals surface area contributed by atoms with E-state index in [1.165, 1.54) is 0 Å². The van der Waals surface area contributed by atoms with Crippen molar-refractivity contribution in [3.63, 3.8) is 0 Å². The monoisotopic (exact) mass is 137 g/mol. The largest absolute Gasteiger partial charge is 0.490 e. The molecule has 0 aliphatic heterocycles. The first-order valence-corrected chi connectivity index (χ1v) is 2.99. The van der Waals surface area contributed by atoms with Crippen LogP contribution < -0.4 is 4.74 Å². The number of aliphatic hydroxyl groups excluding tert-OH is 1. The van der Waals surface area contributed by atoms with E-state index >= 15 is 0 Å². The lowest BCUT2D eigenvalue weighted by molar-refractivity contribution is 0.276. The summed E-state index contributed by atoms with van der Waals surface area (Å²) in [5.74, 6) is 0.630. The number of benzene rings is 1. The minimum atomic E-state index is -0.00824. The van der Waals surface area contributed by atoms with Crippen LogP contribution in [0.1, 0.15) is 5.56 Å². The van der Waals surface area contributed by atoms with E-state index in [9.17, 15) is 0 Å². The molecule has 0 amide bonds. The molecule has 1 N–H and O–H groups in total. The summed E-state index contributed by atoms with van der Waals surface area (Å²) >= 11 is 0. The van der Waals surface area contributed by atoms with Gasteiger partial charge >= 0.3 is 0 Å². The average molecular weight is 137 g/mol. The lowest BCUT2D eigenvalue weighted by Crippen LogP contribution is -1.88. The molecule has 2 nitrogen and oxygen atoms in total. The molecule has 0 unspecified atom stereocenters. The highest BCUT2D eigenvalue weighted by atomic mass is 16.5. The van der Waals surface area contributed by atoms with Crippen molar-refractivity contribution >= 4 is 0 Å². The molecular weight excluding hydrogens is 128 g/mol. The van der Waals surface area contributed by atoms with Gasteiger partial charge in [-0.1, -0.05) is 18.2 Å². The predicted molar refractivity (Wildman–Crippen MR) is 38.3 cm³/mol. The van der Waals surface area contributed by atoms with Crippen LogP contribution in [0, 0.1) is 7.11 Å². The Balaban J connectivity index is 2.96. The Labute approximate surface area is 60.1 Å². The second-order valence-corrected chi connectivity index (χ2v) is 1.91. The summed E-state index contributed by atoms with van der Waals surface area (Å²) in [7, 11) is 3.25. The Kier molecular flexibility index (Phi) is 2.29. The van der Waals surface area contributed by atoms with Crippen LogP contribution in [-0.2, 0) is 6.61 Å². The van der Waals surface area contributed by atoms with E-state index in [1.807, 2.05) is 12.1 Å². The zero-order valence-corrected chi connectivity index (χ0v) is 5.58. The molecule has 0 aliphatic carbocycles. The summed E-state index contributed by atoms with van der Waals surface area (Å²) in [6.45, 7) is -0.00824. The molecule has 1 radical (unpaired) electrons. The van der Waals surface area contributed by atoms with E-state index < -0.39 is 0 Å². The SMILES string of the molecule is [CH2]Oc1ccccc1CO. The minimum Gasteiger partial charge on any atom is -0.490 e. The molecule has 1 aromatic carbocycles. The van der Waals surface area contributed by atoms with Crippen LogP contribution in [0.2, 0.25) is 0 Å². The fourth-order valence-corrected chi connectivity index (χ4v) is 0.775. The Bertz CT molecular complexity index is 185. The van der Waals surface area contributed by atoms with Gasteiger partial charge in [0.25, 0.3) is 0 Å². The van der Waals surface area contributed by atoms with Gasteiger partial charge in [-0.25, -0.2) is 0 Å². The van der Waals surface area contributed by atoms with Crippen LogP contribution in [0.4, 0.5) is 0 Å². The third-order valence-electron chi connectivity index (χ3n) is 1.30. The maximum Gasteiger partial charge on any atom is 0.124 e. The summed E-state index contributed by atoms with van der Waals surface area (Å²) in [5.41, 5.74) is 0.762. The lowest BCUT2D eigenvalue weighted by atomic mass is 10.2. The van der Waals surface area contributed by atoms with Gasteiger partial charge < -0.3 is 9.84 Å². The smallest absolute Gasteiger partial charge is 0.124 e. The van der Waals surface area contributed by atoms with Gasteiger partial charge in [-0.3, -0.25) is 0 Å². The van der Waals surface area contributed by atoms with Crippen molar-refractivity contribution in [2.45, 2.75) is 6.61 Å². The van der Waals surface area contributed by atoms with Gasteiger partial charge in [0.1, 0.15) is 12.9 Å². The van der Waals surface area contributed by atoms with Crippen molar-refractivity contribution < 1.29 is 9.84 Å². The van der Waals surface area contributed by atoms with Crippen molar-refractivity contribution in [3.05, 3.63) is 36.9 Å². The Morgan fingerprint density at radius 3 is 2.60 bits per heavy atom. The fourth-order valence-electron chi connectivity index (χ4n) is 0.775. The van der Waals surface area contributed by atoms with Crippen LogP contribution in [0.25, 0.3) is 0 Å². The molecule has 0 aliphatic rings. The van der Waals surface area contributed by atoms with Crippen LogP contribution in [0.3, 0.4) is 0 Å². The van der Waals surface area contributed by atoms with E-state index in [-0.39, 0.29) is 6.61 Å². The first kappa shape index (κ1) is 7.09. The highest BCUT2D eigenvalue weighted by Gasteiger charge is 1.96. The van der Waals surface area contributed by atoms with Gasteiger partial charge in [-0.2, -0.15) is 0 Å². The molecule has 0 bridgehead atoms. The topological polar surface area (TPSA) is 29.5 Å². The van der Waals surface area contributed by atoms with Gasteiger partial charge in [0.05, 0.1) is 6.61 Å². The van der Waals surface area contributed by atoms with Gasteiger partial charge in [0, 0.05) is 5.56 Å². The van der Waals surface area contributed by atoms with Gasteiger partial charge in [0.15, 0.2) is 0 Å². The van der Waals surface area contributed by atoms with E-state index in [4.69, 9.17) is 9.84 Å². The Hall–Kier alpha value is -1.02. The summed E-state index contributed by atoms with van der Waals surface area (Å²) < 4.78 is 4.73. The third-order valence-corrected chi connectivity index (χ3v) is 1.30. The first-order valence-electron chi connectivity index (χ1n) is 2.99. The van der Waals surface area contributed by atoms with Gasteiger partial charge in [-0.05, 0) is 6.07 Å². The maximum atomic E-state index is 8.74. The molecule has 10 heavy (non-hydrogen) atoms. The van der Waals surface area contributed by atoms with Crippen molar-refractivity contribution in [2.75, 3.05) is 0 Å². The van der Waals surface area contributed by atoms with E-state index in [2.05, 4.69) is 7.11 Å². The number of aliphatic hydroxyl groups is 1. The average Bonchev–Trinajstić information content (AvgIpc) is 2.04. The quantitative estimate of drug-likeness (QED) is 0.666.